The summed E-state index contributed by atoms with van der Waals surface area (Å²) in [5.74, 6) is 0. The molecule has 8 rings (SSSR count). The van der Waals surface area contributed by atoms with Crippen LogP contribution >= 0.6 is 0 Å². The molecule has 0 saturated heterocycles. The lowest BCUT2D eigenvalue weighted by Gasteiger charge is -2.29. The second-order valence-corrected chi connectivity index (χ2v) is 11.0. The van der Waals surface area contributed by atoms with Crippen LogP contribution in [-0.2, 0) is 0 Å². The molecule has 3 heteroatoms. The normalized spacial score (nSPS) is 11.3. The van der Waals surface area contributed by atoms with E-state index < -0.39 is 0 Å². The van der Waals surface area contributed by atoms with E-state index >= 15 is 0 Å². The third-order valence-electron chi connectivity index (χ3n) is 8.43. The van der Waals surface area contributed by atoms with Gasteiger partial charge in [-0.3, -0.25) is 0 Å². The van der Waals surface area contributed by atoms with Gasteiger partial charge < -0.3 is 14.2 Å². The smallest absolute Gasteiger partial charge is 0.139 e. The summed E-state index contributed by atoms with van der Waals surface area (Å²) in [7, 11) is 2.14. The molecule has 0 radical (unpaired) electrons. The second kappa shape index (κ2) is 10.8. The van der Waals surface area contributed by atoms with Crippen molar-refractivity contribution in [3.8, 4) is 11.1 Å². The Morgan fingerprint density at radius 3 is 1.86 bits per heavy atom. The first-order valence-electron chi connectivity index (χ1n) is 14.9. The molecule has 0 aliphatic carbocycles. The lowest BCUT2D eigenvalue weighted by molar-refractivity contribution is 0.669. The molecular weight excluding hydrogens is 536 g/mol. The van der Waals surface area contributed by atoms with E-state index in [1.165, 1.54) is 16.3 Å². The molecule has 8 aromatic rings. The summed E-state index contributed by atoms with van der Waals surface area (Å²) in [4.78, 5) is 4.62. The number of hydrogen-bond acceptors (Lipinski definition) is 3. The minimum absolute atomic E-state index is 0.852. The van der Waals surface area contributed by atoms with Gasteiger partial charge in [0, 0.05) is 35.4 Å². The summed E-state index contributed by atoms with van der Waals surface area (Å²) >= 11 is 0. The van der Waals surface area contributed by atoms with Gasteiger partial charge in [-0.2, -0.15) is 0 Å². The monoisotopic (exact) mass is 566 g/mol. The molecule has 0 atom stereocenters. The number of furan rings is 1. The van der Waals surface area contributed by atoms with Gasteiger partial charge in [-0.05, 0) is 58.8 Å². The van der Waals surface area contributed by atoms with Crippen LogP contribution in [0.3, 0.4) is 0 Å². The Bertz CT molecular complexity index is 2240. The van der Waals surface area contributed by atoms with Crippen molar-refractivity contribution >= 4 is 61.1 Å². The average molecular weight is 567 g/mol. The predicted molar refractivity (Wildman–Crippen MR) is 186 cm³/mol. The van der Waals surface area contributed by atoms with E-state index in [-0.39, 0.29) is 0 Å². The molecule has 3 nitrogen and oxygen atoms in total. The first kappa shape index (κ1) is 25.9. The molecule has 1 heterocycles. The van der Waals surface area contributed by atoms with Crippen molar-refractivity contribution in [3.63, 3.8) is 0 Å². The predicted octanol–water partition coefficient (Wildman–Crippen LogP) is 11.6. The van der Waals surface area contributed by atoms with Crippen molar-refractivity contribution in [1.29, 1.82) is 0 Å². The molecule has 0 unspecified atom stereocenters. The molecule has 0 aliphatic rings. The maximum atomic E-state index is 6.71. The molecular formula is C41H30N2O. The van der Waals surface area contributed by atoms with Gasteiger partial charge in [0.1, 0.15) is 11.2 Å². The number of rotatable bonds is 6. The summed E-state index contributed by atoms with van der Waals surface area (Å²) in [6, 6.07) is 57.6. The maximum absolute atomic E-state index is 6.71. The van der Waals surface area contributed by atoms with Crippen LogP contribution in [0.4, 0.5) is 28.4 Å². The Labute approximate surface area is 256 Å². The van der Waals surface area contributed by atoms with Crippen LogP contribution in [0.1, 0.15) is 0 Å². The molecule has 0 aliphatic heterocycles. The summed E-state index contributed by atoms with van der Waals surface area (Å²) in [5, 5.41) is 4.63. The van der Waals surface area contributed by atoms with Crippen LogP contribution in [-0.4, -0.2) is 7.05 Å². The van der Waals surface area contributed by atoms with Crippen LogP contribution in [0.5, 0.6) is 0 Å². The number of anilines is 5. The number of benzene rings is 7. The summed E-state index contributed by atoms with van der Waals surface area (Å²) in [5.41, 5.74) is 9.44. The summed E-state index contributed by atoms with van der Waals surface area (Å²) in [6.07, 6.45) is 0. The lowest BCUT2D eigenvalue weighted by atomic mass is 10.00. The van der Waals surface area contributed by atoms with Crippen molar-refractivity contribution in [2.75, 3.05) is 16.8 Å². The zero-order valence-corrected chi connectivity index (χ0v) is 24.4. The van der Waals surface area contributed by atoms with Gasteiger partial charge in [-0.15, -0.1) is 0 Å². The molecule has 44 heavy (non-hydrogen) atoms. The molecule has 1 aromatic heterocycles. The van der Waals surface area contributed by atoms with Gasteiger partial charge in [-0.1, -0.05) is 115 Å². The Morgan fingerprint density at radius 2 is 1.09 bits per heavy atom. The molecule has 0 fully saturated rings. The van der Waals surface area contributed by atoms with Gasteiger partial charge in [0.2, 0.25) is 0 Å². The van der Waals surface area contributed by atoms with Crippen LogP contribution in [0.15, 0.2) is 168 Å². The highest BCUT2D eigenvalue weighted by Gasteiger charge is 2.23. The van der Waals surface area contributed by atoms with Gasteiger partial charge >= 0.3 is 0 Å². The highest BCUT2D eigenvalue weighted by molar-refractivity contribution is 6.23. The van der Waals surface area contributed by atoms with E-state index in [9.17, 15) is 0 Å². The Balaban J connectivity index is 1.45. The van der Waals surface area contributed by atoms with Crippen molar-refractivity contribution < 1.29 is 4.42 Å². The number of fused-ring (bicyclic) bond motifs is 5. The molecule has 7 aromatic carbocycles. The summed E-state index contributed by atoms with van der Waals surface area (Å²) in [6.45, 7) is 0. The molecule has 0 saturated carbocycles. The van der Waals surface area contributed by atoms with Gasteiger partial charge in [0.15, 0.2) is 0 Å². The molecule has 0 bridgehead atoms. The Kier molecular flexibility index (Phi) is 6.35. The van der Waals surface area contributed by atoms with Crippen molar-refractivity contribution in [1.82, 2.24) is 0 Å². The quantitative estimate of drug-likeness (QED) is 0.200. The highest BCUT2D eigenvalue weighted by Crippen LogP contribution is 2.47. The highest BCUT2D eigenvalue weighted by atomic mass is 16.3. The fourth-order valence-electron chi connectivity index (χ4n) is 6.35. The van der Waals surface area contributed by atoms with Crippen LogP contribution in [0.25, 0.3) is 43.8 Å². The minimum Gasteiger partial charge on any atom is -0.456 e. The Morgan fingerprint density at radius 1 is 0.455 bits per heavy atom. The topological polar surface area (TPSA) is 19.6 Å². The van der Waals surface area contributed by atoms with Crippen molar-refractivity contribution in [2.45, 2.75) is 0 Å². The molecule has 210 valence electrons. The molecule has 0 N–H and O–H groups in total. The van der Waals surface area contributed by atoms with Gasteiger partial charge in [0.05, 0.1) is 22.4 Å². The van der Waals surface area contributed by atoms with E-state index in [4.69, 9.17) is 4.42 Å². The number of nitrogens with zero attached hydrogens (tertiary/aromatic N) is 2. The van der Waals surface area contributed by atoms with Crippen LogP contribution in [0, 0.1) is 0 Å². The first-order valence-corrected chi connectivity index (χ1v) is 14.9. The van der Waals surface area contributed by atoms with E-state index in [0.29, 0.717) is 0 Å². The Hall–Kier alpha value is -5.80. The minimum atomic E-state index is 0.852. The molecule has 0 amide bonds. The van der Waals surface area contributed by atoms with E-state index in [0.717, 1.165) is 55.9 Å². The van der Waals surface area contributed by atoms with Crippen LogP contribution in [0.2, 0.25) is 0 Å². The second-order valence-electron chi connectivity index (χ2n) is 11.0. The van der Waals surface area contributed by atoms with Gasteiger partial charge in [0.25, 0.3) is 0 Å². The largest absolute Gasteiger partial charge is 0.456 e. The lowest BCUT2D eigenvalue weighted by Crippen LogP contribution is -2.14. The average Bonchev–Trinajstić information content (AvgIpc) is 3.48. The van der Waals surface area contributed by atoms with Crippen LogP contribution < -0.4 is 9.80 Å². The van der Waals surface area contributed by atoms with E-state index in [1.807, 2.05) is 0 Å². The fraction of sp³-hybridized carbons (Fsp3) is 0.0244. The standard InChI is InChI=1S/C41H30N2O/c1-42(31-18-7-3-8-19-31)37-27-33(28-39-41(37)40-35-23-12-11-17-30(35)25-26-38(40)44-39)43(32-20-9-4-10-21-32)36-24-14-13-22-34(36)29-15-5-2-6-16-29/h2-28H,1H3. The summed E-state index contributed by atoms with van der Waals surface area (Å²) < 4.78 is 6.71. The maximum Gasteiger partial charge on any atom is 0.139 e. The van der Waals surface area contributed by atoms with E-state index in [1.54, 1.807) is 0 Å². The third-order valence-corrected chi connectivity index (χ3v) is 8.43. The van der Waals surface area contributed by atoms with Crippen molar-refractivity contribution in [3.05, 3.63) is 164 Å². The SMILES string of the molecule is CN(c1ccccc1)c1cc(N(c2ccccc2)c2ccccc2-c2ccccc2)cc2oc3ccc4ccccc4c3c12. The zero-order chi connectivity index (χ0) is 29.5. The third kappa shape index (κ3) is 4.38. The number of para-hydroxylation sites is 3. The zero-order valence-electron chi connectivity index (χ0n) is 24.4. The van der Waals surface area contributed by atoms with E-state index in [2.05, 4.69) is 181 Å². The molecule has 0 spiro atoms. The van der Waals surface area contributed by atoms with Crippen molar-refractivity contribution in [2.24, 2.45) is 0 Å². The fourth-order valence-corrected chi connectivity index (χ4v) is 6.35. The van der Waals surface area contributed by atoms with Gasteiger partial charge in [-0.25, -0.2) is 0 Å². The number of hydrogen-bond donors (Lipinski definition) is 0. The first-order chi connectivity index (χ1) is 21.8.